The summed E-state index contributed by atoms with van der Waals surface area (Å²) in [6.45, 7) is 5.81. The van der Waals surface area contributed by atoms with E-state index in [0.717, 1.165) is 31.3 Å². The molecule has 0 aromatic heterocycles. The number of Topliss-reactive ketones (excluding diaryl/α,β-unsaturated/α-hetero) is 1. The van der Waals surface area contributed by atoms with E-state index in [1.165, 1.54) is 0 Å². The predicted octanol–water partition coefficient (Wildman–Crippen LogP) is 2.81. The second-order valence-corrected chi connectivity index (χ2v) is 9.54. The van der Waals surface area contributed by atoms with Crippen LogP contribution in [0.4, 0.5) is 0 Å². The summed E-state index contributed by atoms with van der Waals surface area (Å²) in [6.07, 6.45) is 6.03. The number of ketones is 2. The Morgan fingerprint density at radius 2 is 1.92 bits per heavy atom. The fraction of sp³-hybridized carbons (Fsp3) is 0.810. The monoisotopic (exact) mass is 346 g/mol. The average Bonchev–Trinajstić information content (AvgIpc) is 2.79. The molecule has 138 valence electrons. The van der Waals surface area contributed by atoms with Crippen molar-refractivity contribution in [2.24, 2.45) is 28.6 Å². The largest absolute Gasteiger partial charge is 0.393 e. The molecular formula is C21H30O4. The molecule has 4 rings (SSSR count). The first-order chi connectivity index (χ1) is 11.6. The quantitative estimate of drug-likeness (QED) is 0.766. The number of hydrogen-bond acceptors (Lipinski definition) is 4. The highest BCUT2D eigenvalue weighted by molar-refractivity contribution is 5.91. The van der Waals surface area contributed by atoms with Gasteiger partial charge in [-0.15, -0.1) is 0 Å². The molecule has 0 aromatic carbocycles. The second kappa shape index (κ2) is 5.26. The molecular weight excluding hydrogens is 316 g/mol. The van der Waals surface area contributed by atoms with Gasteiger partial charge >= 0.3 is 0 Å². The lowest BCUT2D eigenvalue weighted by molar-refractivity contribution is -0.218. The third-order valence-corrected chi connectivity index (χ3v) is 8.58. The Balaban J connectivity index is 1.78. The van der Waals surface area contributed by atoms with Crippen molar-refractivity contribution >= 4 is 11.6 Å². The van der Waals surface area contributed by atoms with Crippen molar-refractivity contribution in [2.75, 3.05) is 0 Å². The standard InChI is InChI=1S/C21H30O4/c1-12(22)15-7-9-21(25)16-5-4-13-10-14(23)6-8-19(13,2)18(16)17(24)11-20(15,21)3/h10,15-18,24-25H,4-9,11H2,1-3H3/t15-,16-,17?,18-,19+,20-,21?/m1/s1. The van der Waals surface area contributed by atoms with Crippen LogP contribution >= 0.6 is 0 Å². The highest BCUT2D eigenvalue weighted by Crippen LogP contribution is 2.68. The molecule has 4 aliphatic rings. The fourth-order valence-corrected chi connectivity index (χ4v) is 7.29. The first-order valence-corrected chi connectivity index (χ1v) is 9.78. The van der Waals surface area contributed by atoms with Crippen LogP contribution in [0, 0.1) is 28.6 Å². The summed E-state index contributed by atoms with van der Waals surface area (Å²) in [5.74, 6) is 0.142. The van der Waals surface area contributed by atoms with Gasteiger partial charge < -0.3 is 10.2 Å². The van der Waals surface area contributed by atoms with Gasteiger partial charge in [0.2, 0.25) is 0 Å². The van der Waals surface area contributed by atoms with Gasteiger partial charge in [0, 0.05) is 17.8 Å². The summed E-state index contributed by atoms with van der Waals surface area (Å²) in [5, 5.41) is 23.0. The minimum Gasteiger partial charge on any atom is -0.393 e. The smallest absolute Gasteiger partial charge is 0.155 e. The molecule has 0 radical (unpaired) electrons. The number of aliphatic hydroxyl groups is 2. The van der Waals surface area contributed by atoms with E-state index >= 15 is 0 Å². The molecule has 25 heavy (non-hydrogen) atoms. The third-order valence-electron chi connectivity index (χ3n) is 8.58. The number of hydrogen-bond donors (Lipinski definition) is 2. The van der Waals surface area contributed by atoms with Crippen LogP contribution < -0.4 is 0 Å². The zero-order valence-electron chi connectivity index (χ0n) is 15.5. The Morgan fingerprint density at radius 3 is 2.60 bits per heavy atom. The Bertz CT molecular complexity index is 667. The van der Waals surface area contributed by atoms with Crippen LogP contribution in [0.25, 0.3) is 0 Å². The summed E-state index contributed by atoms with van der Waals surface area (Å²) >= 11 is 0. The number of aliphatic hydroxyl groups excluding tert-OH is 1. The van der Waals surface area contributed by atoms with Crippen molar-refractivity contribution in [2.45, 2.75) is 77.4 Å². The SMILES string of the molecule is CC(=O)[C@H]1CCC2(O)[C@@H]3CCC4=CC(=O)CC[C@]4(C)[C@H]3C(O)C[C@]12C. The molecule has 0 aliphatic heterocycles. The van der Waals surface area contributed by atoms with Gasteiger partial charge in [-0.25, -0.2) is 0 Å². The van der Waals surface area contributed by atoms with Crippen molar-refractivity contribution in [1.29, 1.82) is 0 Å². The minimum atomic E-state index is -0.886. The van der Waals surface area contributed by atoms with Crippen LogP contribution in [0.2, 0.25) is 0 Å². The first-order valence-electron chi connectivity index (χ1n) is 9.78. The van der Waals surface area contributed by atoms with Crippen molar-refractivity contribution in [3.8, 4) is 0 Å². The van der Waals surface area contributed by atoms with Crippen LogP contribution in [-0.4, -0.2) is 33.5 Å². The maximum absolute atomic E-state index is 12.2. The fourth-order valence-electron chi connectivity index (χ4n) is 7.29. The molecule has 2 N–H and O–H groups in total. The summed E-state index contributed by atoms with van der Waals surface area (Å²) in [4.78, 5) is 24.1. The normalized spacial score (nSPS) is 52.0. The van der Waals surface area contributed by atoms with E-state index in [1.807, 2.05) is 6.92 Å². The Morgan fingerprint density at radius 1 is 1.20 bits per heavy atom. The van der Waals surface area contributed by atoms with Crippen molar-refractivity contribution in [3.63, 3.8) is 0 Å². The van der Waals surface area contributed by atoms with Gasteiger partial charge in [-0.05, 0) is 68.8 Å². The van der Waals surface area contributed by atoms with Crippen LogP contribution in [-0.2, 0) is 9.59 Å². The molecule has 3 fully saturated rings. The van der Waals surface area contributed by atoms with Crippen LogP contribution in [0.5, 0.6) is 0 Å². The summed E-state index contributed by atoms with van der Waals surface area (Å²) in [7, 11) is 0. The number of carbonyl (C=O) groups excluding carboxylic acids is 2. The maximum Gasteiger partial charge on any atom is 0.155 e. The zero-order chi connectivity index (χ0) is 18.2. The van der Waals surface area contributed by atoms with Gasteiger partial charge in [0.1, 0.15) is 5.78 Å². The number of allylic oxidation sites excluding steroid dienone is 1. The van der Waals surface area contributed by atoms with E-state index in [0.29, 0.717) is 19.3 Å². The zero-order valence-corrected chi connectivity index (χ0v) is 15.5. The number of fused-ring (bicyclic) bond motifs is 5. The summed E-state index contributed by atoms with van der Waals surface area (Å²) in [5.41, 5.74) is -0.468. The number of rotatable bonds is 1. The van der Waals surface area contributed by atoms with Gasteiger partial charge in [0.05, 0.1) is 11.7 Å². The molecule has 2 unspecified atom stereocenters. The molecule has 0 bridgehead atoms. The van der Waals surface area contributed by atoms with Crippen LogP contribution in [0.3, 0.4) is 0 Å². The van der Waals surface area contributed by atoms with Gasteiger partial charge in [0.15, 0.2) is 5.78 Å². The molecule has 0 spiro atoms. The van der Waals surface area contributed by atoms with Crippen molar-refractivity contribution < 1.29 is 19.8 Å². The van der Waals surface area contributed by atoms with E-state index in [2.05, 4.69) is 6.92 Å². The lowest BCUT2D eigenvalue weighted by atomic mass is 9.44. The first kappa shape index (κ1) is 17.4. The Kier molecular flexibility index (Phi) is 3.66. The van der Waals surface area contributed by atoms with E-state index in [4.69, 9.17) is 0 Å². The van der Waals surface area contributed by atoms with E-state index < -0.39 is 17.1 Å². The minimum absolute atomic E-state index is 0.000882. The van der Waals surface area contributed by atoms with Crippen molar-refractivity contribution in [3.05, 3.63) is 11.6 Å². The van der Waals surface area contributed by atoms with Gasteiger partial charge in [-0.3, -0.25) is 9.59 Å². The highest BCUT2D eigenvalue weighted by Gasteiger charge is 2.69. The molecule has 4 nitrogen and oxygen atoms in total. The van der Waals surface area contributed by atoms with Crippen molar-refractivity contribution in [1.82, 2.24) is 0 Å². The average molecular weight is 346 g/mol. The molecule has 4 heteroatoms. The molecule has 7 atom stereocenters. The van der Waals surface area contributed by atoms with E-state index in [1.54, 1.807) is 13.0 Å². The van der Waals surface area contributed by atoms with Crippen LogP contribution in [0.1, 0.15) is 65.7 Å². The molecule has 4 aliphatic carbocycles. The molecule has 0 amide bonds. The third kappa shape index (κ3) is 2.07. The lowest BCUT2D eigenvalue weighted by Gasteiger charge is -2.62. The van der Waals surface area contributed by atoms with E-state index in [9.17, 15) is 19.8 Å². The Labute approximate surface area is 149 Å². The molecule has 0 aromatic rings. The molecule has 0 heterocycles. The summed E-state index contributed by atoms with van der Waals surface area (Å²) in [6, 6.07) is 0. The van der Waals surface area contributed by atoms with Crippen LogP contribution in [0.15, 0.2) is 11.6 Å². The molecule has 3 saturated carbocycles. The maximum atomic E-state index is 12.2. The van der Waals surface area contributed by atoms with E-state index in [-0.39, 0.29) is 34.7 Å². The Hall–Kier alpha value is -1.00. The van der Waals surface area contributed by atoms with Gasteiger partial charge in [-0.1, -0.05) is 19.4 Å². The van der Waals surface area contributed by atoms with Gasteiger partial charge in [0.25, 0.3) is 0 Å². The summed E-state index contributed by atoms with van der Waals surface area (Å²) < 4.78 is 0. The number of carbonyl (C=O) groups is 2. The lowest BCUT2D eigenvalue weighted by Crippen LogP contribution is -2.65. The topological polar surface area (TPSA) is 74.6 Å². The van der Waals surface area contributed by atoms with Gasteiger partial charge in [-0.2, -0.15) is 0 Å². The predicted molar refractivity (Wildman–Crippen MR) is 93.7 cm³/mol. The second-order valence-electron chi connectivity index (χ2n) is 9.54. The highest BCUT2D eigenvalue weighted by atomic mass is 16.3. The molecule has 0 saturated heterocycles.